The van der Waals surface area contributed by atoms with Crippen molar-refractivity contribution in [2.75, 3.05) is 18.9 Å². The SMILES string of the molecule is CC1(Cc2cc(F)nc(N)c2F)CCOCC1. The largest absolute Gasteiger partial charge is 0.381 e. The highest BCUT2D eigenvalue weighted by atomic mass is 19.1. The average Bonchev–Trinajstić information content (AvgIpc) is 2.26. The van der Waals surface area contributed by atoms with E-state index in [4.69, 9.17) is 10.5 Å². The number of hydrogen-bond acceptors (Lipinski definition) is 3. The minimum absolute atomic E-state index is 0.0562. The number of aromatic nitrogens is 1. The van der Waals surface area contributed by atoms with E-state index in [1.165, 1.54) is 0 Å². The molecule has 0 aliphatic carbocycles. The summed E-state index contributed by atoms with van der Waals surface area (Å²) in [6, 6.07) is 1.13. The van der Waals surface area contributed by atoms with Crippen LogP contribution in [0.15, 0.2) is 6.07 Å². The predicted molar refractivity (Wildman–Crippen MR) is 60.4 cm³/mol. The van der Waals surface area contributed by atoms with E-state index in [-0.39, 0.29) is 11.2 Å². The normalized spacial score (nSPS) is 19.2. The zero-order valence-electron chi connectivity index (χ0n) is 9.80. The Morgan fingerprint density at radius 2 is 2.06 bits per heavy atom. The van der Waals surface area contributed by atoms with Crippen LogP contribution in [0.5, 0.6) is 0 Å². The van der Waals surface area contributed by atoms with E-state index in [9.17, 15) is 8.78 Å². The Bertz CT molecular complexity index is 417. The molecule has 1 aromatic heterocycles. The molecule has 1 fully saturated rings. The molecule has 5 heteroatoms. The van der Waals surface area contributed by atoms with E-state index in [0.717, 1.165) is 18.9 Å². The minimum Gasteiger partial charge on any atom is -0.381 e. The Kier molecular flexibility index (Phi) is 3.28. The minimum atomic E-state index is -0.727. The van der Waals surface area contributed by atoms with Crippen LogP contribution in [0.1, 0.15) is 25.3 Å². The van der Waals surface area contributed by atoms with E-state index >= 15 is 0 Å². The standard InChI is InChI=1S/C12H16F2N2O/c1-12(2-4-17-5-3-12)7-8-6-9(13)16-11(15)10(8)14/h6H,2-5,7H2,1H3,(H2,15,16). The van der Waals surface area contributed by atoms with Crippen LogP contribution in [0.4, 0.5) is 14.6 Å². The summed E-state index contributed by atoms with van der Waals surface area (Å²) in [5.41, 5.74) is 5.57. The molecule has 0 spiro atoms. The molecule has 1 saturated heterocycles. The molecule has 0 saturated carbocycles. The smallest absolute Gasteiger partial charge is 0.215 e. The van der Waals surface area contributed by atoms with Gasteiger partial charge < -0.3 is 10.5 Å². The molecule has 0 amide bonds. The molecule has 1 aromatic rings. The Labute approximate surface area is 99.0 Å². The summed E-state index contributed by atoms with van der Waals surface area (Å²) in [6.45, 7) is 3.39. The third kappa shape index (κ3) is 2.72. The number of anilines is 1. The summed E-state index contributed by atoms with van der Waals surface area (Å²) in [6.07, 6.45) is 2.15. The van der Waals surface area contributed by atoms with Crippen LogP contribution in [0, 0.1) is 17.2 Å². The molecule has 0 aromatic carbocycles. The topological polar surface area (TPSA) is 48.1 Å². The quantitative estimate of drug-likeness (QED) is 0.809. The molecule has 0 unspecified atom stereocenters. The van der Waals surface area contributed by atoms with Gasteiger partial charge in [-0.1, -0.05) is 6.92 Å². The van der Waals surface area contributed by atoms with Crippen LogP contribution in [0.2, 0.25) is 0 Å². The predicted octanol–water partition coefficient (Wildman–Crippen LogP) is 2.30. The van der Waals surface area contributed by atoms with Gasteiger partial charge in [-0.05, 0) is 36.3 Å². The number of nitrogen functional groups attached to an aromatic ring is 1. The molecule has 1 aliphatic rings. The average molecular weight is 242 g/mol. The maximum atomic E-state index is 13.7. The van der Waals surface area contributed by atoms with Crippen LogP contribution < -0.4 is 5.73 Å². The third-order valence-corrected chi connectivity index (χ3v) is 3.34. The summed E-state index contributed by atoms with van der Waals surface area (Å²) >= 11 is 0. The van der Waals surface area contributed by atoms with Crippen molar-refractivity contribution in [3.05, 3.63) is 23.4 Å². The Morgan fingerprint density at radius 3 is 2.71 bits per heavy atom. The number of rotatable bonds is 2. The summed E-state index contributed by atoms with van der Waals surface area (Å²) in [4.78, 5) is 3.26. The lowest BCUT2D eigenvalue weighted by atomic mass is 9.77. The summed E-state index contributed by atoms with van der Waals surface area (Å²) in [5, 5.41) is 0. The molecule has 0 bridgehead atoms. The first kappa shape index (κ1) is 12.2. The second-order valence-electron chi connectivity index (χ2n) is 4.90. The van der Waals surface area contributed by atoms with Crippen molar-refractivity contribution in [2.45, 2.75) is 26.2 Å². The lowest BCUT2D eigenvalue weighted by molar-refractivity contribution is 0.0237. The Morgan fingerprint density at radius 1 is 1.41 bits per heavy atom. The van der Waals surface area contributed by atoms with Crippen LogP contribution in [-0.4, -0.2) is 18.2 Å². The maximum absolute atomic E-state index is 13.7. The highest BCUT2D eigenvalue weighted by Gasteiger charge is 2.29. The molecule has 17 heavy (non-hydrogen) atoms. The van der Waals surface area contributed by atoms with Crippen molar-refractivity contribution < 1.29 is 13.5 Å². The van der Waals surface area contributed by atoms with Gasteiger partial charge in [-0.15, -0.1) is 0 Å². The molecule has 94 valence electrons. The molecule has 0 radical (unpaired) electrons. The molecule has 2 N–H and O–H groups in total. The summed E-state index contributed by atoms with van der Waals surface area (Å²) < 4.78 is 32.1. The van der Waals surface area contributed by atoms with Gasteiger partial charge in [0.15, 0.2) is 11.6 Å². The van der Waals surface area contributed by atoms with Gasteiger partial charge in [0.1, 0.15) is 0 Å². The number of hydrogen-bond donors (Lipinski definition) is 1. The van der Waals surface area contributed by atoms with Gasteiger partial charge in [-0.3, -0.25) is 0 Å². The van der Waals surface area contributed by atoms with Gasteiger partial charge in [0, 0.05) is 13.2 Å². The van der Waals surface area contributed by atoms with Crippen LogP contribution in [0.25, 0.3) is 0 Å². The highest BCUT2D eigenvalue weighted by molar-refractivity contribution is 5.35. The molecular weight excluding hydrogens is 226 g/mol. The molecule has 2 rings (SSSR count). The van der Waals surface area contributed by atoms with Gasteiger partial charge in [-0.25, -0.2) is 4.39 Å². The van der Waals surface area contributed by atoms with Gasteiger partial charge >= 0.3 is 0 Å². The van der Waals surface area contributed by atoms with Crippen molar-refractivity contribution >= 4 is 5.82 Å². The van der Waals surface area contributed by atoms with E-state index in [2.05, 4.69) is 11.9 Å². The first-order valence-corrected chi connectivity index (χ1v) is 5.68. The second-order valence-corrected chi connectivity index (χ2v) is 4.90. The zero-order valence-corrected chi connectivity index (χ0v) is 9.80. The van der Waals surface area contributed by atoms with Crippen LogP contribution in [-0.2, 0) is 11.2 Å². The number of ether oxygens (including phenoxy) is 1. The third-order valence-electron chi connectivity index (χ3n) is 3.34. The summed E-state index contributed by atoms with van der Waals surface area (Å²) in [5.74, 6) is -1.69. The van der Waals surface area contributed by atoms with Crippen LogP contribution in [0.3, 0.4) is 0 Å². The zero-order chi connectivity index (χ0) is 12.5. The van der Waals surface area contributed by atoms with E-state index in [1.54, 1.807) is 0 Å². The molecule has 2 heterocycles. The van der Waals surface area contributed by atoms with Crippen molar-refractivity contribution in [1.82, 2.24) is 4.98 Å². The number of pyridine rings is 1. The molecule has 1 aliphatic heterocycles. The summed E-state index contributed by atoms with van der Waals surface area (Å²) in [7, 11) is 0. The van der Waals surface area contributed by atoms with Gasteiger partial charge in [-0.2, -0.15) is 9.37 Å². The number of halogens is 2. The Hall–Kier alpha value is -1.23. The fraction of sp³-hybridized carbons (Fsp3) is 0.583. The first-order chi connectivity index (χ1) is 8.00. The van der Waals surface area contributed by atoms with Crippen molar-refractivity contribution in [1.29, 1.82) is 0 Å². The van der Waals surface area contributed by atoms with Crippen molar-refractivity contribution in [3.63, 3.8) is 0 Å². The fourth-order valence-corrected chi connectivity index (χ4v) is 2.20. The van der Waals surface area contributed by atoms with Crippen molar-refractivity contribution in [2.24, 2.45) is 5.41 Å². The van der Waals surface area contributed by atoms with Gasteiger partial charge in [0.05, 0.1) is 0 Å². The second kappa shape index (κ2) is 4.56. The molecule has 0 atom stereocenters. The van der Waals surface area contributed by atoms with E-state index in [0.29, 0.717) is 25.2 Å². The van der Waals surface area contributed by atoms with Gasteiger partial charge in [0.2, 0.25) is 5.95 Å². The number of nitrogens with zero attached hydrogens (tertiary/aromatic N) is 1. The van der Waals surface area contributed by atoms with E-state index < -0.39 is 11.8 Å². The molecular formula is C12H16F2N2O. The Balaban J connectivity index is 2.23. The van der Waals surface area contributed by atoms with Crippen molar-refractivity contribution in [3.8, 4) is 0 Å². The fourth-order valence-electron chi connectivity index (χ4n) is 2.20. The molecule has 3 nitrogen and oxygen atoms in total. The van der Waals surface area contributed by atoms with E-state index in [1.807, 2.05) is 0 Å². The van der Waals surface area contributed by atoms with Crippen LogP contribution >= 0.6 is 0 Å². The lowest BCUT2D eigenvalue weighted by Gasteiger charge is -2.33. The van der Waals surface area contributed by atoms with Gasteiger partial charge in [0.25, 0.3) is 0 Å². The lowest BCUT2D eigenvalue weighted by Crippen LogP contribution is -2.29. The highest BCUT2D eigenvalue weighted by Crippen LogP contribution is 2.34. The monoisotopic (exact) mass is 242 g/mol. The maximum Gasteiger partial charge on any atom is 0.215 e. The first-order valence-electron chi connectivity index (χ1n) is 5.68. The number of nitrogens with two attached hydrogens (primary N) is 1.